The molecule has 9 rings (SSSR count). The molecule has 0 aromatic carbocycles. The number of hydrogen-bond acceptors (Lipinski definition) is 17. The van der Waals surface area contributed by atoms with Gasteiger partial charge in [-0.15, -0.1) is 0 Å². The summed E-state index contributed by atoms with van der Waals surface area (Å²) in [5.41, 5.74) is -2.52. The van der Waals surface area contributed by atoms with Crippen LogP contribution in [0, 0.1) is 57.7 Å². The van der Waals surface area contributed by atoms with E-state index in [4.69, 9.17) is 42.6 Å². The fourth-order valence-corrected chi connectivity index (χ4v) is 10.7. The molecule has 0 amide bonds. The van der Waals surface area contributed by atoms with Gasteiger partial charge in [0.1, 0.15) is 43.2 Å². The van der Waals surface area contributed by atoms with Crippen LogP contribution in [0.3, 0.4) is 0 Å². The second kappa shape index (κ2) is 17.5. The summed E-state index contributed by atoms with van der Waals surface area (Å²) in [5.74, 6) is -1.79. The van der Waals surface area contributed by atoms with Gasteiger partial charge in [-0.05, 0) is 99.8 Å². The third kappa shape index (κ3) is 8.63. The largest absolute Gasteiger partial charge is 0.465 e. The Hall–Kier alpha value is -4.28. The molecule has 0 aromatic heterocycles. The molecule has 17 heteroatoms. The highest BCUT2D eigenvalue weighted by Gasteiger charge is 2.71. The van der Waals surface area contributed by atoms with Crippen molar-refractivity contribution < 1.29 is 81.0 Å². The Morgan fingerprint density at radius 3 is 1.58 bits per heavy atom. The Kier molecular flexibility index (Phi) is 13.0. The number of esters is 8. The van der Waals surface area contributed by atoms with Gasteiger partial charge in [-0.1, -0.05) is 20.8 Å². The van der Waals surface area contributed by atoms with Crippen molar-refractivity contribution in [3.63, 3.8) is 0 Å². The summed E-state index contributed by atoms with van der Waals surface area (Å²) in [5, 5.41) is 0. The van der Waals surface area contributed by atoms with E-state index in [0.717, 1.165) is 25.7 Å². The van der Waals surface area contributed by atoms with Crippen LogP contribution < -0.4 is 0 Å². The van der Waals surface area contributed by atoms with Crippen LogP contribution >= 0.6 is 0 Å². The number of rotatable bonds is 14. The minimum absolute atomic E-state index is 0.00636. The van der Waals surface area contributed by atoms with Crippen LogP contribution in [0.15, 0.2) is 0 Å². The molecule has 4 aliphatic carbocycles. The average Bonchev–Trinajstić information content (AvgIpc) is 4.13. The molecule has 5 aliphatic heterocycles. The quantitative estimate of drug-likeness (QED) is 0.170. The lowest BCUT2D eigenvalue weighted by atomic mass is 9.79. The van der Waals surface area contributed by atoms with E-state index in [9.17, 15) is 38.4 Å². The van der Waals surface area contributed by atoms with Gasteiger partial charge in [0.15, 0.2) is 18.3 Å². The maximum absolute atomic E-state index is 12.3. The minimum atomic E-state index is -0.836. The van der Waals surface area contributed by atoms with Gasteiger partial charge in [0.05, 0.1) is 40.4 Å². The van der Waals surface area contributed by atoms with E-state index in [1.165, 1.54) is 0 Å². The lowest BCUT2D eigenvalue weighted by molar-refractivity contribution is -0.185. The van der Waals surface area contributed by atoms with Gasteiger partial charge in [0.2, 0.25) is 0 Å². The zero-order valence-corrected chi connectivity index (χ0v) is 38.8. The van der Waals surface area contributed by atoms with Crippen molar-refractivity contribution in [3.8, 4) is 0 Å². The Labute approximate surface area is 374 Å². The highest BCUT2D eigenvalue weighted by molar-refractivity contribution is 5.81. The number of ether oxygens (including phenoxy) is 9. The van der Waals surface area contributed by atoms with Crippen LogP contribution in [0.4, 0.5) is 0 Å². The van der Waals surface area contributed by atoms with Crippen LogP contribution in [-0.2, 0) is 81.0 Å². The summed E-state index contributed by atoms with van der Waals surface area (Å²) >= 11 is 0. The first-order valence-corrected chi connectivity index (χ1v) is 23.2. The minimum Gasteiger partial charge on any atom is -0.465 e. The van der Waals surface area contributed by atoms with E-state index in [2.05, 4.69) is 0 Å². The molecule has 5 saturated heterocycles. The first-order valence-electron chi connectivity index (χ1n) is 23.2. The molecular formula is C47H66O17. The maximum Gasteiger partial charge on any atom is 0.344 e. The molecule has 64 heavy (non-hydrogen) atoms. The SMILES string of the molecule is CCC(C)(C)C(=O)OC1(C)C2CC3C(=O)OC1C3O2.CCC(C)(C)C(=O)OCC(=O)OC1C2CC3C(=O)OC1C3C2.CCC(C)(C)C(=O)OCCC(=O)OC1C2CC3C(=O)OC1C3C2. The molecule has 356 valence electrons. The molecule has 17 nitrogen and oxygen atoms in total. The van der Waals surface area contributed by atoms with E-state index >= 15 is 0 Å². The lowest BCUT2D eigenvalue weighted by Crippen LogP contribution is -2.52. The molecule has 15 unspecified atom stereocenters. The zero-order valence-electron chi connectivity index (χ0n) is 38.8. The van der Waals surface area contributed by atoms with E-state index in [1.807, 2.05) is 55.4 Å². The van der Waals surface area contributed by atoms with E-state index in [-0.39, 0.29) is 128 Å². The molecule has 4 saturated carbocycles. The third-order valence-electron chi connectivity index (χ3n) is 16.1. The fourth-order valence-electron chi connectivity index (χ4n) is 10.7. The first kappa shape index (κ1) is 47.7. The van der Waals surface area contributed by atoms with Crippen LogP contribution in [0.5, 0.6) is 0 Å². The normalized spacial score (nSPS) is 37.4. The van der Waals surface area contributed by atoms with Crippen molar-refractivity contribution >= 4 is 47.8 Å². The highest BCUT2D eigenvalue weighted by Crippen LogP contribution is 2.57. The van der Waals surface area contributed by atoms with E-state index in [1.54, 1.807) is 13.8 Å². The maximum atomic E-state index is 12.3. The van der Waals surface area contributed by atoms with Gasteiger partial charge >= 0.3 is 47.8 Å². The van der Waals surface area contributed by atoms with E-state index in [0.29, 0.717) is 25.7 Å². The Morgan fingerprint density at radius 2 is 1.06 bits per heavy atom. The van der Waals surface area contributed by atoms with Gasteiger partial charge in [0.25, 0.3) is 0 Å². The first-order chi connectivity index (χ1) is 30.0. The second-order valence-electron chi connectivity index (χ2n) is 21.3. The monoisotopic (exact) mass is 902 g/mol. The Morgan fingerprint density at radius 1 is 0.594 bits per heavy atom. The fraction of sp³-hybridized carbons (Fsp3) is 0.830. The molecule has 6 bridgehead atoms. The number of fused-ring (bicyclic) bond motifs is 3. The summed E-state index contributed by atoms with van der Waals surface area (Å²) in [6.07, 6.45) is 3.73. The van der Waals surface area contributed by atoms with Crippen LogP contribution in [0.1, 0.15) is 127 Å². The topological polar surface area (TPSA) is 220 Å². The van der Waals surface area contributed by atoms with Crippen molar-refractivity contribution in [2.45, 2.75) is 175 Å². The second-order valence-corrected chi connectivity index (χ2v) is 21.3. The van der Waals surface area contributed by atoms with Crippen molar-refractivity contribution in [1.82, 2.24) is 0 Å². The van der Waals surface area contributed by atoms with E-state index < -0.39 is 45.9 Å². The molecule has 9 aliphatic rings. The predicted octanol–water partition coefficient (Wildman–Crippen LogP) is 4.75. The standard InChI is InChI=1S/C17H24O6.C16H22O6.C14H20O5/c1-4-17(2,3)16(20)21-6-5-12(18)22-13-9-7-10-11(8-9)15(19)23-14(10)13;1-4-16(2,3)15(19)20-7-11(17)21-12-8-5-9-10(6-8)14(18)22-13(9)12;1-5-13(2,3)12(16)19-14(4)8-6-7-9(17-8)10(14)18-11(7)15/h9-11,13-14H,4-8H2,1-3H3;8-10,12-13H,4-7H2,1-3H3;7-10H,5-6H2,1-4H3. The molecule has 0 spiro atoms. The summed E-state index contributed by atoms with van der Waals surface area (Å²) in [4.78, 5) is 94.8. The van der Waals surface area contributed by atoms with Gasteiger partial charge in [-0.3, -0.25) is 33.6 Å². The smallest absolute Gasteiger partial charge is 0.344 e. The van der Waals surface area contributed by atoms with Crippen LogP contribution in [0.25, 0.3) is 0 Å². The van der Waals surface area contributed by atoms with Crippen LogP contribution in [0.2, 0.25) is 0 Å². The van der Waals surface area contributed by atoms with Gasteiger partial charge in [-0.25, -0.2) is 4.79 Å². The van der Waals surface area contributed by atoms with Crippen molar-refractivity contribution in [3.05, 3.63) is 0 Å². The van der Waals surface area contributed by atoms with Crippen LogP contribution in [-0.4, -0.2) is 109 Å². The number of hydrogen-bond donors (Lipinski definition) is 0. The molecule has 15 atom stereocenters. The molecule has 9 fully saturated rings. The number of carbonyl (C=O) groups is 8. The summed E-state index contributed by atoms with van der Waals surface area (Å²) in [6, 6.07) is 0. The summed E-state index contributed by atoms with van der Waals surface area (Å²) in [7, 11) is 0. The van der Waals surface area contributed by atoms with Gasteiger partial charge in [0, 0.05) is 23.7 Å². The van der Waals surface area contributed by atoms with Crippen molar-refractivity contribution in [2.75, 3.05) is 13.2 Å². The molecule has 5 heterocycles. The number of carbonyl (C=O) groups excluding carboxylic acids is 8. The molecule has 0 N–H and O–H groups in total. The summed E-state index contributed by atoms with van der Waals surface area (Å²) < 4.78 is 48.6. The van der Waals surface area contributed by atoms with Gasteiger partial charge < -0.3 is 42.6 Å². The predicted molar refractivity (Wildman–Crippen MR) is 219 cm³/mol. The lowest BCUT2D eigenvalue weighted by Gasteiger charge is -2.36. The van der Waals surface area contributed by atoms with Crippen molar-refractivity contribution in [1.29, 1.82) is 0 Å². The third-order valence-corrected chi connectivity index (χ3v) is 16.1. The Balaban J connectivity index is 0.000000144. The molecule has 0 radical (unpaired) electrons. The molecular weight excluding hydrogens is 836 g/mol. The van der Waals surface area contributed by atoms with Gasteiger partial charge in [-0.2, -0.15) is 0 Å². The average molecular weight is 903 g/mol. The summed E-state index contributed by atoms with van der Waals surface area (Å²) in [6.45, 7) is 18.1. The molecule has 0 aromatic rings. The van der Waals surface area contributed by atoms with Crippen molar-refractivity contribution in [2.24, 2.45) is 57.7 Å². The Bertz CT molecular complexity index is 1900. The highest BCUT2D eigenvalue weighted by atomic mass is 16.7. The zero-order chi connectivity index (χ0) is 46.8.